The molecule has 2 atom stereocenters. The molecule has 2 N–H and O–H groups in total. The van der Waals surface area contributed by atoms with Gasteiger partial charge in [-0.25, -0.2) is 0 Å². The SMILES string of the molecule is COCC1(CNC(=O)C2C3CCCCC32)CCNCC1.Cl. The van der Waals surface area contributed by atoms with Crippen LogP contribution in [0.1, 0.15) is 38.5 Å². The van der Waals surface area contributed by atoms with Gasteiger partial charge in [0.15, 0.2) is 0 Å². The van der Waals surface area contributed by atoms with E-state index < -0.39 is 0 Å². The van der Waals surface area contributed by atoms with Gasteiger partial charge in [-0.15, -0.1) is 12.4 Å². The molecular formula is C16H29ClN2O2. The molecule has 1 amide bonds. The largest absolute Gasteiger partial charge is 0.384 e. The zero-order chi connectivity index (χ0) is 14.0. The van der Waals surface area contributed by atoms with Crippen molar-refractivity contribution in [2.75, 3.05) is 33.4 Å². The Hall–Kier alpha value is -0.320. The minimum absolute atomic E-state index is 0. The number of carbonyl (C=O) groups is 1. The second-order valence-corrected chi connectivity index (χ2v) is 7.04. The van der Waals surface area contributed by atoms with Crippen LogP contribution in [0.4, 0.5) is 0 Å². The van der Waals surface area contributed by atoms with E-state index in [1.807, 2.05) is 0 Å². The van der Waals surface area contributed by atoms with E-state index in [-0.39, 0.29) is 17.8 Å². The zero-order valence-electron chi connectivity index (χ0n) is 13.0. The molecule has 3 fully saturated rings. The van der Waals surface area contributed by atoms with Crippen LogP contribution in [0.5, 0.6) is 0 Å². The number of fused-ring (bicyclic) bond motifs is 1. The highest BCUT2D eigenvalue weighted by molar-refractivity contribution is 5.85. The molecule has 2 aliphatic carbocycles. The van der Waals surface area contributed by atoms with Gasteiger partial charge >= 0.3 is 0 Å². The molecule has 5 heteroatoms. The number of hydrogen-bond donors (Lipinski definition) is 2. The second-order valence-electron chi connectivity index (χ2n) is 7.04. The maximum absolute atomic E-state index is 12.4. The molecule has 1 aliphatic heterocycles. The highest BCUT2D eigenvalue weighted by Gasteiger charge is 2.54. The lowest BCUT2D eigenvalue weighted by Gasteiger charge is -2.37. The first-order chi connectivity index (χ1) is 9.76. The molecule has 0 spiro atoms. The van der Waals surface area contributed by atoms with Gasteiger partial charge in [0.05, 0.1) is 6.61 Å². The van der Waals surface area contributed by atoms with E-state index in [2.05, 4.69) is 10.6 Å². The number of hydrogen-bond acceptors (Lipinski definition) is 3. The number of ether oxygens (including phenoxy) is 1. The van der Waals surface area contributed by atoms with Crippen molar-refractivity contribution >= 4 is 18.3 Å². The fourth-order valence-corrected chi connectivity index (χ4v) is 4.41. The summed E-state index contributed by atoms with van der Waals surface area (Å²) in [6.07, 6.45) is 7.39. The number of nitrogens with one attached hydrogen (secondary N) is 2. The first-order valence-corrected chi connectivity index (χ1v) is 8.23. The van der Waals surface area contributed by atoms with Gasteiger partial charge in [0.2, 0.25) is 5.91 Å². The quantitative estimate of drug-likeness (QED) is 0.815. The lowest BCUT2D eigenvalue weighted by molar-refractivity contribution is -0.123. The molecule has 3 aliphatic rings. The average Bonchev–Trinajstić information content (AvgIpc) is 3.21. The van der Waals surface area contributed by atoms with Crippen LogP contribution in [-0.4, -0.2) is 39.3 Å². The fourth-order valence-electron chi connectivity index (χ4n) is 4.41. The zero-order valence-corrected chi connectivity index (χ0v) is 13.8. The van der Waals surface area contributed by atoms with Crippen LogP contribution in [0.15, 0.2) is 0 Å². The van der Waals surface area contributed by atoms with Crippen molar-refractivity contribution in [3.8, 4) is 0 Å². The van der Waals surface area contributed by atoms with Crippen LogP contribution in [0.3, 0.4) is 0 Å². The van der Waals surface area contributed by atoms with E-state index >= 15 is 0 Å². The summed E-state index contributed by atoms with van der Waals surface area (Å²) in [5.74, 6) is 2.06. The van der Waals surface area contributed by atoms with Crippen LogP contribution in [0.2, 0.25) is 0 Å². The molecule has 1 heterocycles. The molecule has 0 aromatic rings. The van der Waals surface area contributed by atoms with Crippen LogP contribution in [0.25, 0.3) is 0 Å². The molecule has 122 valence electrons. The van der Waals surface area contributed by atoms with E-state index in [0.717, 1.165) is 39.1 Å². The smallest absolute Gasteiger partial charge is 0.223 e. The predicted octanol–water partition coefficient (Wildman–Crippen LogP) is 1.98. The number of piperidine rings is 1. The Bertz CT molecular complexity index is 341. The lowest BCUT2D eigenvalue weighted by atomic mass is 9.79. The number of rotatable bonds is 5. The minimum Gasteiger partial charge on any atom is -0.384 e. The van der Waals surface area contributed by atoms with Crippen LogP contribution in [-0.2, 0) is 9.53 Å². The van der Waals surface area contributed by atoms with Gasteiger partial charge in [-0.3, -0.25) is 4.79 Å². The van der Waals surface area contributed by atoms with Gasteiger partial charge in [0.1, 0.15) is 0 Å². The van der Waals surface area contributed by atoms with Crippen LogP contribution >= 0.6 is 12.4 Å². The van der Waals surface area contributed by atoms with E-state index in [9.17, 15) is 4.79 Å². The third kappa shape index (κ3) is 3.72. The molecule has 0 bridgehead atoms. The summed E-state index contributed by atoms with van der Waals surface area (Å²) in [7, 11) is 1.76. The van der Waals surface area contributed by atoms with Crippen molar-refractivity contribution < 1.29 is 9.53 Å². The molecule has 3 rings (SSSR count). The van der Waals surface area contributed by atoms with Gasteiger partial charge in [0, 0.05) is 25.0 Å². The summed E-state index contributed by atoms with van der Waals surface area (Å²) >= 11 is 0. The highest BCUT2D eigenvalue weighted by Crippen LogP contribution is 2.55. The summed E-state index contributed by atoms with van der Waals surface area (Å²) in [6, 6.07) is 0. The van der Waals surface area contributed by atoms with Gasteiger partial charge < -0.3 is 15.4 Å². The highest BCUT2D eigenvalue weighted by atomic mass is 35.5. The van der Waals surface area contributed by atoms with Crippen molar-refractivity contribution in [3.05, 3.63) is 0 Å². The predicted molar refractivity (Wildman–Crippen MR) is 85.6 cm³/mol. The first kappa shape index (κ1) is 17.0. The average molecular weight is 317 g/mol. The van der Waals surface area contributed by atoms with Crippen molar-refractivity contribution in [1.29, 1.82) is 0 Å². The van der Waals surface area contributed by atoms with Gasteiger partial charge in [-0.2, -0.15) is 0 Å². The normalized spacial score (nSPS) is 33.5. The lowest BCUT2D eigenvalue weighted by Crippen LogP contribution is -2.47. The Kier molecular flexibility index (Phi) is 5.92. The van der Waals surface area contributed by atoms with Crippen LogP contribution < -0.4 is 10.6 Å². The summed E-state index contributed by atoms with van der Waals surface area (Å²) in [5.41, 5.74) is 0.149. The van der Waals surface area contributed by atoms with Crippen molar-refractivity contribution in [1.82, 2.24) is 10.6 Å². The molecule has 2 saturated carbocycles. The minimum atomic E-state index is 0. The summed E-state index contributed by atoms with van der Waals surface area (Å²) in [6.45, 7) is 3.62. The van der Waals surface area contributed by atoms with Crippen molar-refractivity contribution in [2.24, 2.45) is 23.2 Å². The molecule has 1 saturated heterocycles. The van der Waals surface area contributed by atoms with E-state index in [4.69, 9.17) is 4.74 Å². The Labute approximate surface area is 134 Å². The second kappa shape index (κ2) is 7.30. The summed E-state index contributed by atoms with van der Waals surface area (Å²) in [4.78, 5) is 12.4. The molecule has 21 heavy (non-hydrogen) atoms. The maximum atomic E-state index is 12.4. The van der Waals surface area contributed by atoms with E-state index in [0.29, 0.717) is 23.7 Å². The fraction of sp³-hybridized carbons (Fsp3) is 0.938. The summed E-state index contributed by atoms with van der Waals surface area (Å²) in [5, 5.41) is 6.64. The molecule has 0 aromatic carbocycles. The molecule has 0 radical (unpaired) electrons. The van der Waals surface area contributed by atoms with E-state index in [1.54, 1.807) is 7.11 Å². The summed E-state index contributed by atoms with van der Waals surface area (Å²) < 4.78 is 5.41. The Balaban J connectivity index is 0.00000161. The number of carbonyl (C=O) groups excluding carboxylic acids is 1. The maximum Gasteiger partial charge on any atom is 0.223 e. The van der Waals surface area contributed by atoms with Gasteiger partial charge in [0.25, 0.3) is 0 Å². The standard InChI is InChI=1S/C16H28N2O2.ClH/c1-20-11-16(6-8-17-9-7-16)10-18-15(19)14-12-4-2-3-5-13(12)14;/h12-14,17H,2-11H2,1H3,(H,18,19);1H. The van der Waals surface area contributed by atoms with Gasteiger partial charge in [-0.05, 0) is 50.6 Å². The Morgan fingerprint density at radius 1 is 1.24 bits per heavy atom. The Morgan fingerprint density at radius 3 is 2.43 bits per heavy atom. The Morgan fingerprint density at radius 2 is 1.86 bits per heavy atom. The molecule has 0 aromatic heterocycles. The van der Waals surface area contributed by atoms with Crippen molar-refractivity contribution in [2.45, 2.75) is 38.5 Å². The number of methoxy groups -OCH3 is 1. The number of halogens is 1. The van der Waals surface area contributed by atoms with E-state index in [1.165, 1.54) is 25.7 Å². The first-order valence-electron chi connectivity index (χ1n) is 8.23. The third-order valence-corrected chi connectivity index (χ3v) is 5.71. The third-order valence-electron chi connectivity index (χ3n) is 5.71. The van der Waals surface area contributed by atoms with Gasteiger partial charge in [-0.1, -0.05) is 12.8 Å². The topological polar surface area (TPSA) is 50.4 Å². The molecular weight excluding hydrogens is 288 g/mol. The monoisotopic (exact) mass is 316 g/mol. The molecule has 2 unspecified atom stereocenters. The number of amides is 1. The van der Waals surface area contributed by atoms with Crippen LogP contribution in [0, 0.1) is 23.2 Å². The molecule has 4 nitrogen and oxygen atoms in total. The van der Waals surface area contributed by atoms with Crippen molar-refractivity contribution in [3.63, 3.8) is 0 Å².